The van der Waals surface area contributed by atoms with Gasteiger partial charge in [0.25, 0.3) is 0 Å². The summed E-state index contributed by atoms with van der Waals surface area (Å²) in [5, 5.41) is 2.67. The standard InChI is InChI=1S/C13H22N2O5S/c1-13(7-11(16)14-9-13)12(17)15(4-5-20-2)10-3-6-21(18,19)8-10/h10H,3-9H2,1-2H3,(H,14,16). The Morgan fingerprint density at radius 2 is 2.24 bits per heavy atom. The summed E-state index contributed by atoms with van der Waals surface area (Å²) < 4.78 is 28.3. The Labute approximate surface area is 124 Å². The van der Waals surface area contributed by atoms with E-state index in [1.54, 1.807) is 11.8 Å². The number of rotatable bonds is 5. The lowest BCUT2D eigenvalue weighted by Gasteiger charge is -2.34. The molecule has 0 radical (unpaired) electrons. The van der Waals surface area contributed by atoms with Crippen LogP contribution >= 0.6 is 0 Å². The van der Waals surface area contributed by atoms with Crippen molar-refractivity contribution < 1.29 is 22.7 Å². The number of hydrogen-bond donors (Lipinski definition) is 1. The number of ether oxygens (including phenoxy) is 1. The lowest BCUT2D eigenvalue weighted by atomic mass is 9.87. The molecule has 0 spiro atoms. The molecule has 2 heterocycles. The average molecular weight is 318 g/mol. The van der Waals surface area contributed by atoms with E-state index < -0.39 is 15.3 Å². The first-order chi connectivity index (χ1) is 9.77. The summed E-state index contributed by atoms with van der Waals surface area (Å²) >= 11 is 0. The van der Waals surface area contributed by atoms with Crippen molar-refractivity contribution >= 4 is 21.7 Å². The molecular weight excluding hydrogens is 296 g/mol. The van der Waals surface area contributed by atoms with Crippen LogP contribution in [0.5, 0.6) is 0 Å². The van der Waals surface area contributed by atoms with Crippen LogP contribution in [-0.2, 0) is 24.2 Å². The summed E-state index contributed by atoms with van der Waals surface area (Å²) in [5.41, 5.74) is -0.794. The first-order valence-electron chi connectivity index (χ1n) is 7.04. The van der Waals surface area contributed by atoms with E-state index >= 15 is 0 Å². The van der Waals surface area contributed by atoms with Crippen molar-refractivity contribution in [2.75, 3.05) is 38.3 Å². The highest BCUT2D eigenvalue weighted by Gasteiger charge is 2.46. The van der Waals surface area contributed by atoms with Gasteiger partial charge in [-0.1, -0.05) is 0 Å². The smallest absolute Gasteiger partial charge is 0.231 e. The van der Waals surface area contributed by atoms with Gasteiger partial charge in [-0.3, -0.25) is 9.59 Å². The largest absolute Gasteiger partial charge is 0.383 e. The van der Waals surface area contributed by atoms with Gasteiger partial charge in [0.05, 0.1) is 23.5 Å². The molecule has 21 heavy (non-hydrogen) atoms. The molecule has 2 atom stereocenters. The Kier molecular flexibility index (Phi) is 4.57. The van der Waals surface area contributed by atoms with Gasteiger partial charge in [-0.2, -0.15) is 0 Å². The van der Waals surface area contributed by atoms with Crippen LogP contribution < -0.4 is 5.32 Å². The highest BCUT2D eigenvalue weighted by Crippen LogP contribution is 2.30. The Morgan fingerprint density at radius 1 is 1.52 bits per heavy atom. The number of carbonyl (C=O) groups excluding carboxylic acids is 2. The molecule has 0 aromatic rings. The maximum absolute atomic E-state index is 12.8. The predicted molar refractivity (Wildman–Crippen MR) is 76.4 cm³/mol. The maximum atomic E-state index is 12.8. The number of carbonyl (C=O) groups is 2. The molecule has 8 heteroatoms. The number of nitrogens with zero attached hydrogens (tertiary/aromatic N) is 1. The zero-order chi connectivity index (χ0) is 15.7. The number of sulfone groups is 1. The van der Waals surface area contributed by atoms with E-state index in [2.05, 4.69) is 5.32 Å². The van der Waals surface area contributed by atoms with Crippen molar-refractivity contribution in [1.82, 2.24) is 10.2 Å². The second-order valence-electron chi connectivity index (χ2n) is 6.06. The molecule has 120 valence electrons. The van der Waals surface area contributed by atoms with E-state index in [-0.39, 0.29) is 35.8 Å². The molecule has 1 N–H and O–H groups in total. The van der Waals surface area contributed by atoms with Crippen molar-refractivity contribution in [2.45, 2.75) is 25.8 Å². The van der Waals surface area contributed by atoms with Crippen molar-refractivity contribution in [1.29, 1.82) is 0 Å². The van der Waals surface area contributed by atoms with Crippen LogP contribution in [-0.4, -0.2) is 69.5 Å². The van der Waals surface area contributed by atoms with Crippen LogP contribution in [0.1, 0.15) is 19.8 Å². The van der Waals surface area contributed by atoms with Gasteiger partial charge >= 0.3 is 0 Å². The molecular formula is C13H22N2O5S. The lowest BCUT2D eigenvalue weighted by molar-refractivity contribution is -0.143. The number of hydrogen-bond acceptors (Lipinski definition) is 5. The van der Waals surface area contributed by atoms with Crippen molar-refractivity contribution in [3.63, 3.8) is 0 Å². The molecule has 0 aliphatic carbocycles. The first-order valence-corrected chi connectivity index (χ1v) is 8.87. The molecule has 2 saturated heterocycles. The van der Waals surface area contributed by atoms with Gasteiger partial charge in [-0.15, -0.1) is 0 Å². The van der Waals surface area contributed by atoms with Gasteiger partial charge in [0.15, 0.2) is 9.84 Å². The highest BCUT2D eigenvalue weighted by molar-refractivity contribution is 7.91. The Bertz CT molecular complexity index is 533. The second kappa shape index (κ2) is 5.92. The molecule has 2 amide bonds. The van der Waals surface area contributed by atoms with Crippen LogP contribution in [0, 0.1) is 5.41 Å². The van der Waals surface area contributed by atoms with Gasteiger partial charge in [0.2, 0.25) is 11.8 Å². The average Bonchev–Trinajstić information content (AvgIpc) is 2.93. The molecule has 2 unspecified atom stereocenters. The molecule has 2 aliphatic rings. The van der Waals surface area contributed by atoms with Gasteiger partial charge in [-0.05, 0) is 13.3 Å². The lowest BCUT2D eigenvalue weighted by Crippen LogP contribution is -2.50. The minimum Gasteiger partial charge on any atom is -0.383 e. The maximum Gasteiger partial charge on any atom is 0.231 e. The molecule has 7 nitrogen and oxygen atoms in total. The highest BCUT2D eigenvalue weighted by atomic mass is 32.2. The Morgan fingerprint density at radius 3 is 2.71 bits per heavy atom. The van der Waals surface area contributed by atoms with E-state index in [4.69, 9.17) is 4.74 Å². The summed E-state index contributed by atoms with van der Waals surface area (Å²) in [6.45, 7) is 2.74. The fraction of sp³-hybridized carbons (Fsp3) is 0.846. The molecule has 2 rings (SSSR count). The number of methoxy groups -OCH3 is 1. The third-order valence-corrected chi connectivity index (χ3v) is 5.94. The summed E-state index contributed by atoms with van der Waals surface area (Å²) in [5.74, 6) is -0.195. The fourth-order valence-electron chi connectivity index (χ4n) is 2.93. The van der Waals surface area contributed by atoms with Gasteiger partial charge in [0.1, 0.15) is 0 Å². The fourth-order valence-corrected chi connectivity index (χ4v) is 4.66. The molecule has 0 aromatic heterocycles. The predicted octanol–water partition coefficient (Wildman–Crippen LogP) is -0.825. The topological polar surface area (TPSA) is 92.8 Å². The minimum atomic E-state index is -3.07. The minimum absolute atomic E-state index is 0.0000900. The molecule has 2 fully saturated rings. The zero-order valence-electron chi connectivity index (χ0n) is 12.4. The first kappa shape index (κ1) is 16.2. The zero-order valence-corrected chi connectivity index (χ0v) is 13.2. The molecule has 0 aromatic carbocycles. The third kappa shape index (κ3) is 3.55. The monoisotopic (exact) mass is 318 g/mol. The Hall–Kier alpha value is -1.15. The quantitative estimate of drug-likeness (QED) is 0.714. The SMILES string of the molecule is COCCN(C(=O)C1(C)CNC(=O)C1)C1CCS(=O)(=O)C1. The van der Waals surface area contributed by atoms with Gasteiger partial charge < -0.3 is 15.0 Å². The van der Waals surface area contributed by atoms with Crippen LogP contribution in [0.15, 0.2) is 0 Å². The van der Waals surface area contributed by atoms with Crippen LogP contribution in [0.2, 0.25) is 0 Å². The normalized spacial score (nSPS) is 31.1. The van der Waals surface area contributed by atoms with Crippen LogP contribution in [0.4, 0.5) is 0 Å². The van der Waals surface area contributed by atoms with E-state index in [0.717, 1.165) is 0 Å². The van der Waals surface area contributed by atoms with Crippen molar-refractivity contribution in [2.24, 2.45) is 5.41 Å². The van der Waals surface area contributed by atoms with Gasteiger partial charge in [-0.25, -0.2) is 8.42 Å². The van der Waals surface area contributed by atoms with Crippen molar-refractivity contribution in [3.8, 4) is 0 Å². The van der Waals surface area contributed by atoms with E-state index in [9.17, 15) is 18.0 Å². The molecule has 0 bridgehead atoms. The van der Waals surface area contributed by atoms with Crippen LogP contribution in [0.3, 0.4) is 0 Å². The summed E-state index contributed by atoms with van der Waals surface area (Å²) in [6.07, 6.45) is 0.601. The van der Waals surface area contributed by atoms with Crippen molar-refractivity contribution in [3.05, 3.63) is 0 Å². The Balaban J connectivity index is 2.16. The molecule has 2 aliphatic heterocycles. The van der Waals surface area contributed by atoms with E-state index in [1.807, 2.05) is 0 Å². The number of amides is 2. The second-order valence-corrected chi connectivity index (χ2v) is 8.29. The van der Waals surface area contributed by atoms with E-state index in [0.29, 0.717) is 26.1 Å². The summed E-state index contributed by atoms with van der Waals surface area (Å²) in [4.78, 5) is 25.8. The third-order valence-electron chi connectivity index (χ3n) is 4.19. The summed E-state index contributed by atoms with van der Waals surface area (Å²) in [6, 6.07) is -0.315. The number of nitrogens with one attached hydrogen (secondary N) is 1. The van der Waals surface area contributed by atoms with Crippen LogP contribution in [0.25, 0.3) is 0 Å². The van der Waals surface area contributed by atoms with E-state index in [1.165, 1.54) is 7.11 Å². The molecule has 0 saturated carbocycles. The van der Waals surface area contributed by atoms with Gasteiger partial charge in [0, 0.05) is 32.7 Å². The summed E-state index contributed by atoms with van der Waals surface area (Å²) in [7, 11) is -1.53.